The van der Waals surface area contributed by atoms with Crippen LogP contribution >= 0.6 is 0 Å². The normalized spacial score (nSPS) is 13.8. The molecule has 0 atom stereocenters. The summed E-state index contributed by atoms with van der Waals surface area (Å²) in [6, 6.07) is 13.5. The summed E-state index contributed by atoms with van der Waals surface area (Å²) in [5.41, 5.74) is 7.38. The van der Waals surface area contributed by atoms with E-state index in [1.165, 1.54) is 24.3 Å². The molecule has 0 unspecified atom stereocenters. The molecular weight excluding hydrogens is 314 g/mol. The smallest absolute Gasteiger partial charge is 0.335 e. The van der Waals surface area contributed by atoms with Crippen LogP contribution in [0.3, 0.4) is 0 Å². The second-order valence-corrected chi connectivity index (χ2v) is 6.84. The highest BCUT2D eigenvalue weighted by molar-refractivity contribution is 7.91. The van der Waals surface area contributed by atoms with Gasteiger partial charge in [0.2, 0.25) is 5.91 Å². The van der Waals surface area contributed by atoms with E-state index in [-0.39, 0.29) is 16.2 Å². The van der Waals surface area contributed by atoms with Crippen LogP contribution in [0.4, 0.5) is 0 Å². The largest absolute Gasteiger partial charge is 0.379 e. The second kappa shape index (κ2) is 5.89. The lowest BCUT2D eigenvalue weighted by atomic mass is 9.98. The van der Waals surface area contributed by atoms with Crippen molar-refractivity contribution in [3.63, 3.8) is 0 Å². The van der Waals surface area contributed by atoms with Crippen molar-refractivity contribution in [1.29, 1.82) is 0 Å². The number of benzene rings is 2. The molecule has 3 rings (SSSR count). The zero-order valence-electron chi connectivity index (χ0n) is 12.2. The van der Waals surface area contributed by atoms with Crippen LogP contribution in [0.25, 0.3) is 6.08 Å². The van der Waals surface area contributed by atoms with Crippen LogP contribution in [0.15, 0.2) is 53.4 Å². The van der Waals surface area contributed by atoms with Crippen molar-refractivity contribution in [3.05, 3.63) is 70.1 Å². The molecule has 2 aromatic carbocycles. The third-order valence-electron chi connectivity index (χ3n) is 3.66. The van der Waals surface area contributed by atoms with E-state index in [9.17, 15) is 13.2 Å². The number of fused-ring (bicyclic) bond motifs is 1. The van der Waals surface area contributed by atoms with Crippen molar-refractivity contribution in [1.82, 2.24) is 0 Å². The third kappa shape index (κ3) is 3.27. The first-order valence-corrected chi connectivity index (χ1v) is 8.49. The quantitative estimate of drug-likeness (QED) is 0.873. The van der Waals surface area contributed by atoms with Gasteiger partial charge < -0.3 is 9.92 Å². The molecule has 0 spiro atoms. The summed E-state index contributed by atoms with van der Waals surface area (Å²) >= 11 is 0. The van der Waals surface area contributed by atoms with Gasteiger partial charge in [-0.15, -0.1) is 0 Å². The lowest BCUT2D eigenvalue weighted by Crippen LogP contribution is -2.16. The van der Waals surface area contributed by atoms with Crippen LogP contribution in [0.2, 0.25) is 0 Å². The van der Waals surface area contributed by atoms with Crippen molar-refractivity contribution >= 4 is 22.1 Å². The number of aryl methyl sites for hydroxylation is 1. The highest BCUT2D eigenvalue weighted by Gasteiger charge is 2.23. The SMILES string of the molecule is NC(=O)c1cccc(OS(=O)(=O)C2=Cc3ccccc3CC2)c1. The molecule has 0 saturated carbocycles. The minimum atomic E-state index is -3.91. The van der Waals surface area contributed by atoms with Gasteiger partial charge in [0, 0.05) is 5.56 Å². The number of amides is 1. The third-order valence-corrected chi connectivity index (χ3v) is 5.03. The molecule has 118 valence electrons. The zero-order valence-corrected chi connectivity index (χ0v) is 13.0. The maximum Gasteiger partial charge on any atom is 0.335 e. The first kappa shape index (κ1) is 15.3. The van der Waals surface area contributed by atoms with Crippen LogP contribution in [0, 0.1) is 0 Å². The molecule has 0 aromatic heterocycles. The number of carbonyl (C=O) groups is 1. The van der Waals surface area contributed by atoms with E-state index in [1.807, 2.05) is 24.3 Å². The maximum atomic E-state index is 12.4. The number of rotatable bonds is 4. The molecule has 1 aliphatic carbocycles. The summed E-state index contributed by atoms with van der Waals surface area (Å²) in [5.74, 6) is -0.570. The lowest BCUT2D eigenvalue weighted by Gasteiger charge is -2.16. The van der Waals surface area contributed by atoms with Gasteiger partial charge in [-0.2, -0.15) is 8.42 Å². The Kier molecular flexibility index (Phi) is 3.92. The fraction of sp³-hybridized carbons (Fsp3) is 0.118. The summed E-state index contributed by atoms with van der Waals surface area (Å²) in [6.45, 7) is 0. The van der Waals surface area contributed by atoms with Gasteiger partial charge in [-0.3, -0.25) is 4.79 Å². The Morgan fingerprint density at radius 1 is 1.04 bits per heavy atom. The Morgan fingerprint density at radius 2 is 1.83 bits per heavy atom. The van der Waals surface area contributed by atoms with Gasteiger partial charge in [-0.25, -0.2) is 0 Å². The molecule has 5 nitrogen and oxygen atoms in total. The highest BCUT2D eigenvalue weighted by Crippen LogP contribution is 2.29. The molecular formula is C17H15NO4S. The summed E-state index contributed by atoms with van der Waals surface area (Å²) < 4.78 is 30.0. The topological polar surface area (TPSA) is 86.5 Å². The Hall–Kier alpha value is -2.60. The van der Waals surface area contributed by atoms with Crippen molar-refractivity contribution in [2.45, 2.75) is 12.8 Å². The Morgan fingerprint density at radius 3 is 2.61 bits per heavy atom. The van der Waals surface area contributed by atoms with Gasteiger partial charge in [0.05, 0.1) is 4.91 Å². The minimum absolute atomic E-state index is 0.0704. The van der Waals surface area contributed by atoms with Gasteiger partial charge in [0.15, 0.2) is 0 Å². The zero-order chi connectivity index (χ0) is 16.4. The number of hydrogen-bond donors (Lipinski definition) is 1. The summed E-state index contributed by atoms with van der Waals surface area (Å²) in [4.78, 5) is 11.4. The Balaban J connectivity index is 1.90. The van der Waals surface area contributed by atoms with Crippen molar-refractivity contribution < 1.29 is 17.4 Å². The van der Waals surface area contributed by atoms with E-state index in [4.69, 9.17) is 9.92 Å². The van der Waals surface area contributed by atoms with Crippen LogP contribution in [0.5, 0.6) is 5.75 Å². The molecule has 0 saturated heterocycles. The van der Waals surface area contributed by atoms with Crippen molar-refractivity contribution in [2.24, 2.45) is 5.73 Å². The monoisotopic (exact) mass is 329 g/mol. The lowest BCUT2D eigenvalue weighted by molar-refractivity contribution is 0.1000. The summed E-state index contributed by atoms with van der Waals surface area (Å²) in [7, 11) is -3.91. The van der Waals surface area contributed by atoms with Gasteiger partial charge in [-0.05, 0) is 48.2 Å². The maximum absolute atomic E-state index is 12.4. The fourth-order valence-electron chi connectivity index (χ4n) is 2.48. The standard InChI is InChI=1S/C17H15NO4S/c18-17(19)14-6-3-7-15(10-14)22-23(20,21)16-9-8-12-4-1-2-5-13(12)11-16/h1-7,10-11H,8-9H2,(H2,18,19). The van der Waals surface area contributed by atoms with Gasteiger partial charge in [0.1, 0.15) is 5.75 Å². The molecule has 23 heavy (non-hydrogen) atoms. The molecule has 0 radical (unpaired) electrons. The predicted molar refractivity (Wildman–Crippen MR) is 87.2 cm³/mol. The highest BCUT2D eigenvalue weighted by atomic mass is 32.2. The van der Waals surface area contributed by atoms with Gasteiger partial charge >= 0.3 is 10.1 Å². The summed E-state index contributed by atoms with van der Waals surface area (Å²) in [5, 5.41) is 0. The Labute approximate surface area is 134 Å². The van der Waals surface area contributed by atoms with Crippen LogP contribution in [-0.2, 0) is 16.5 Å². The van der Waals surface area contributed by atoms with Crippen molar-refractivity contribution in [3.8, 4) is 5.75 Å². The predicted octanol–water partition coefficient (Wildman–Crippen LogP) is 2.48. The molecule has 1 amide bonds. The van der Waals surface area contributed by atoms with Crippen molar-refractivity contribution in [2.75, 3.05) is 0 Å². The molecule has 0 bridgehead atoms. The fourth-order valence-corrected chi connectivity index (χ4v) is 3.57. The summed E-state index contributed by atoms with van der Waals surface area (Å²) in [6.07, 6.45) is 2.66. The number of primary amides is 1. The van der Waals surface area contributed by atoms with E-state index in [1.54, 1.807) is 6.08 Å². The molecule has 2 aromatic rings. The molecule has 1 aliphatic rings. The second-order valence-electron chi connectivity index (χ2n) is 5.24. The molecule has 2 N–H and O–H groups in total. The first-order valence-electron chi connectivity index (χ1n) is 7.08. The van der Waals surface area contributed by atoms with E-state index < -0.39 is 16.0 Å². The molecule has 0 fully saturated rings. The van der Waals surface area contributed by atoms with Crippen LogP contribution in [-0.4, -0.2) is 14.3 Å². The molecule has 0 aliphatic heterocycles. The van der Waals surface area contributed by atoms with E-state index in [0.29, 0.717) is 12.8 Å². The van der Waals surface area contributed by atoms with E-state index >= 15 is 0 Å². The Bertz CT molecular complexity index is 900. The number of carbonyl (C=O) groups excluding carboxylic acids is 1. The van der Waals surface area contributed by atoms with Gasteiger partial charge in [-0.1, -0.05) is 30.3 Å². The number of nitrogens with two attached hydrogens (primary N) is 1. The molecule has 0 heterocycles. The number of hydrogen-bond acceptors (Lipinski definition) is 4. The number of allylic oxidation sites excluding steroid dienone is 1. The van der Waals surface area contributed by atoms with Crippen LogP contribution in [0.1, 0.15) is 27.9 Å². The minimum Gasteiger partial charge on any atom is -0.379 e. The van der Waals surface area contributed by atoms with Gasteiger partial charge in [0.25, 0.3) is 0 Å². The first-order chi connectivity index (χ1) is 11.0. The van der Waals surface area contributed by atoms with Crippen LogP contribution < -0.4 is 9.92 Å². The molecule has 6 heteroatoms. The van der Waals surface area contributed by atoms with E-state index in [0.717, 1.165) is 11.1 Å². The average molecular weight is 329 g/mol. The average Bonchev–Trinajstić information content (AvgIpc) is 2.54. The van der Waals surface area contributed by atoms with E-state index in [2.05, 4.69) is 0 Å².